The Morgan fingerprint density at radius 3 is 2.72 bits per heavy atom. The lowest BCUT2D eigenvalue weighted by Gasteiger charge is -2.34. The van der Waals surface area contributed by atoms with E-state index < -0.39 is 0 Å². The lowest BCUT2D eigenvalue weighted by atomic mass is 9.86. The smallest absolute Gasteiger partial charge is 0.317 e. The summed E-state index contributed by atoms with van der Waals surface area (Å²) >= 11 is 0. The molecule has 0 unspecified atom stereocenters. The Morgan fingerprint density at radius 1 is 1.28 bits per heavy atom. The fourth-order valence-corrected chi connectivity index (χ4v) is 3.96. The van der Waals surface area contributed by atoms with Crippen LogP contribution in [0.3, 0.4) is 0 Å². The monoisotopic (exact) mass is 343 g/mol. The van der Waals surface area contributed by atoms with Crippen LogP contribution in [0.15, 0.2) is 24.3 Å². The number of hydrogen-bond donors (Lipinski definition) is 3. The fourth-order valence-electron chi connectivity index (χ4n) is 3.96. The molecule has 1 aromatic heterocycles. The number of aromatic amines is 1. The van der Waals surface area contributed by atoms with Crippen molar-refractivity contribution in [2.75, 3.05) is 20.2 Å². The molecule has 3 N–H and O–H groups in total. The number of urea groups is 1. The Hall–Kier alpha value is -2.01. The molecular formula is C20H29N3O2. The van der Waals surface area contributed by atoms with E-state index in [1.54, 1.807) is 0 Å². The van der Waals surface area contributed by atoms with Gasteiger partial charge in [0.15, 0.2) is 0 Å². The molecule has 2 aromatic rings. The highest BCUT2D eigenvalue weighted by molar-refractivity contribution is 5.84. The first-order valence-corrected chi connectivity index (χ1v) is 9.28. The lowest BCUT2D eigenvalue weighted by molar-refractivity contribution is 0.134. The van der Waals surface area contributed by atoms with Gasteiger partial charge in [0.2, 0.25) is 0 Å². The number of fused-ring (bicyclic) bond motifs is 1. The second kappa shape index (κ2) is 7.91. The number of nitrogens with zero attached hydrogens (tertiary/aromatic N) is 1. The van der Waals surface area contributed by atoms with Gasteiger partial charge in [-0.25, -0.2) is 4.79 Å². The van der Waals surface area contributed by atoms with Crippen LogP contribution in [0, 0.1) is 12.8 Å². The molecule has 1 aliphatic rings. The summed E-state index contributed by atoms with van der Waals surface area (Å²) < 4.78 is 0. The van der Waals surface area contributed by atoms with Gasteiger partial charge in [0.1, 0.15) is 0 Å². The third-order valence-corrected chi connectivity index (χ3v) is 5.62. The van der Waals surface area contributed by atoms with Crippen LogP contribution < -0.4 is 5.32 Å². The van der Waals surface area contributed by atoms with Crippen LogP contribution in [-0.4, -0.2) is 47.3 Å². The summed E-state index contributed by atoms with van der Waals surface area (Å²) in [5.41, 5.74) is 3.60. The van der Waals surface area contributed by atoms with Gasteiger partial charge in [0.05, 0.1) is 0 Å². The number of amides is 2. The molecular weight excluding hydrogens is 314 g/mol. The zero-order valence-electron chi connectivity index (χ0n) is 15.2. The third kappa shape index (κ3) is 3.98. The second-order valence-corrected chi connectivity index (χ2v) is 7.22. The zero-order valence-corrected chi connectivity index (χ0v) is 15.2. The number of carbonyl (C=O) groups excluding carboxylic acids is 1. The van der Waals surface area contributed by atoms with Crippen LogP contribution in [0.1, 0.15) is 36.9 Å². The number of nitrogens with one attached hydrogen (secondary N) is 2. The Balaban J connectivity index is 1.51. The number of hydrogen-bond acceptors (Lipinski definition) is 2. The van der Waals surface area contributed by atoms with E-state index in [4.69, 9.17) is 0 Å². The van der Waals surface area contributed by atoms with E-state index in [9.17, 15) is 9.90 Å². The van der Waals surface area contributed by atoms with Crippen molar-refractivity contribution in [1.29, 1.82) is 0 Å². The maximum absolute atomic E-state index is 12.4. The average Bonchev–Trinajstić information content (AvgIpc) is 2.96. The number of benzene rings is 1. The highest BCUT2D eigenvalue weighted by Crippen LogP contribution is 2.26. The quantitative estimate of drug-likeness (QED) is 0.780. The van der Waals surface area contributed by atoms with Crippen molar-refractivity contribution >= 4 is 16.9 Å². The van der Waals surface area contributed by atoms with E-state index >= 15 is 0 Å². The normalized spacial score (nSPS) is 20.6. The molecule has 136 valence electrons. The number of aryl methyl sites for hydroxylation is 1. The SMILES string of the molecule is Cc1[nH]c2ccccc2c1CCNC(=O)N(C)C1CCC(CO)CC1. The van der Waals surface area contributed by atoms with E-state index in [0.717, 1.165) is 37.6 Å². The standard InChI is InChI=1S/C20H29N3O2/c1-14-17(18-5-3-4-6-19(18)22-14)11-12-21-20(25)23(2)16-9-7-15(13-24)8-10-16/h3-6,15-16,22,24H,7-13H2,1-2H3,(H,21,25). The van der Waals surface area contributed by atoms with Gasteiger partial charge in [-0.3, -0.25) is 0 Å². The van der Waals surface area contributed by atoms with Crippen molar-refractivity contribution in [1.82, 2.24) is 15.2 Å². The maximum atomic E-state index is 12.4. The first-order valence-electron chi connectivity index (χ1n) is 9.28. The van der Waals surface area contributed by atoms with Gasteiger partial charge in [-0.2, -0.15) is 0 Å². The topological polar surface area (TPSA) is 68.4 Å². The second-order valence-electron chi connectivity index (χ2n) is 7.22. The van der Waals surface area contributed by atoms with Crippen LogP contribution in [-0.2, 0) is 6.42 Å². The van der Waals surface area contributed by atoms with Gasteiger partial charge >= 0.3 is 6.03 Å². The van der Waals surface area contributed by atoms with Crippen LogP contribution in [0.5, 0.6) is 0 Å². The molecule has 2 amide bonds. The van der Waals surface area contributed by atoms with Gasteiger partial charge < -0.3 is 20.3 Å². The number of aliphatic hydroxyl groups excluding tert-OH is 1. The molecule has 0 aliphatic heterocycles. The van der Waals surface area contributed by atoms with Gasteiger partial charge in [0.25, 0.3) is 0 Å². The third-order valence-electron chi connectivity index (χ3n) is 5.62. The molecule has 0 bridgehead atoms. The van der Waals surface area contributed by atoms with Crippen molar-refractivity contribution in [3.63, 3.8) is 0 Å². The Labute approximate surface area is 149 Å². The Bertz CT molecular complexity index is 717. The van der Waals surface area contributed by atoms with E-state index in [1.165, 1.54) is 16.6 Å². The molecule has 1 aliphatic carbocycles. The molecule has 1 fully saturated rings. The number of rotatable bonds is 5. The molecule has 1 aromatic carbocycles. The maximum Gasteiger partial charge on any atom is 0.317 e. The molecule has 5 heteroatoms. The highest BCUT2D eigenvalue weighted by atomic mass is 16.3. The van der Waals surface area contributed by atoms with Crippen molar-refractivity contribution in [3.05, 3.63) is 35.5 Å². The summed E-state index contributed by atoms with van der Waals surface area (Å²) in [4.78, 5) is 17.7. The Kier molecular flexibility index (Phi) is 5.63. The van der Waals surface area contributed by atoms with Gasteiger partial charge in [-0.1, -0.05) is 18.2 Å². The molecule has 3 rings (SSSR count). The molecule has 1 saturated carbocycles. The molecule has 0 spiro atoms. The summed E-state index contributed by atoms with van der Waals surface area (Å²) in [7, 11) is 1.89. The predicted octanol–water partition coefficient (Wildman–Crippen LogP) is 3.21. The van der Waals surface area contributed by atoms with Gasteiger partial charge in [0, 0.05) is 42.8 Å². The highest BCUT2D eigenvalue weighted by Gasteiger charge is 2.26. The minimum atomic E-state index is 0.00458. The van der Waals surface area contributed by atoms with E-state index in [1.807, 2.05) is 24.1 Å². The van der Waals surface area contributed by atoms with Gasteiger partial charge in [-0.15, -0.1) is 0 Å². The lowest BCUT2D eigenvalue weighted by Crippen LogP contribution is -2.45. The summed E-state index contributed by atoms with van der Waals surface area (Å²) in [6, 6.07) is 8.59. The van der Waals surface area contributed by atoms with Crippen LogP contribution in [0.4, 0.5) is 4.79 Å². The van der Waals surface area contributed by atoms with Crippen LogP contribution >= 0.6 is 0 Å². The number of para-hydroxylation sites is 1. The number of aliphatic hydroxyl groups is 1. The predicted molar refractivity (Wildman–Crippen MR) is 101 cm³/mol. The van der Waals surface area contributed by atoms with E-state index in [2.05, 4.69) is 29.4 Å². The first kappa shape index (κ1) is 17.8. The minimum Gasteiger partial charge on any atom is -0.396 e. The van der Waals surface area contributed by atoms with Crippen LogP contribution in [0.2, 0.25) is 0 Å². The molecule has 25 heavy (non-hydrogen) atoms. The molecule has 1 heterocycles. The van der Waals surface area contributed by atoms with Crippen molar-refractivity contribution in [3.8, 4) is 0 Å². The molecule has 5 nitrogen and oxygen atoms in total. The summed E-state index contributed by atoms with van der Waals surface area (Å²) in [5.74, 6) is 0.414. The summed E-state index contributed by atoms with van der Waals surface area (Å²) in [6.45, 7) is 2.99. The van der Waals surface area contributed by atoms with E-state index in [0.29, 0.717) is 12.5 Å². The van der Waals surface area contributed by atoms with E-state index in [-0.39, 0.29) is 18.7 Å². The first-order chi connectivity index (χ1) is 12.1. The van der Waals surface area contributed by atoms with Gasteiger partial charge in [-0.05, 0) is 56.6 Å². The van der Waals surface area contributed by atoms with Crippen molar-refractivity contribution < 1.29 is 9.90 Å². The Morgan fingerprint density at radius 2 is 2.00 bits per heavy atom. The number of carbonyl (C=O) groups is 1. The molecule has 0 atom stereocenters. The molecule has 0 saturated heterocycles. The van der Waals surface area contributed by atoms with Crippen molar-refractivity contribution in [2.45, 2.75) is 45.1 Å². The number of H-pyrrole nitrogens is 1. The molecule has 0 radical (unpaired) electrons. The minimum absolute atomic E-state index is 0.00458. The summed E-state index contributed by atoms with van der Waals surface area (Å²) in [5, 5.41) is 13.5. The fraction of sp³-hybridized carbons (Fsp3) is 0.550. The number of aromatic nitrogens is 1. The van der Waals surface area contributed by atoms with Crippen LogP contribution in [0.25, 0.3) is 10.9 Å². The summed E-state index contributed by atoms with van der Waals surface area (Å²) in [6.07, 6.45) is 4.81. The van der Waals surface area contributed by atoms with Crippen molar-refractivity contribution in [2.24, 2.45) is 5.92 Å². The largest absolute Gasteiger partial charge is 0.396 e. The zero-order chi connectivity index (χ0) is 17.8. The average molecular weight is 343 g/mol.